The number of amides is 1. The first-order valence-electron chi connectivity index (χ1n) is 10.2. The lowest BCUT2D eigenvalue weighted by molar-refractivity contribution is 0.0638. The first-order valence-corrected chi connectivity index (χ1v) is 10.2. The van der Waals surface area contributed by atoms with E-state index in [9.17, 15) is 4.79 Å². The van der Waals surface area contributed by atoms with Gasteiger partial charge < -0.3 is 15.1 Å². The van der Waals surface area contributed by atoms with Gasteiger partial charge in [0.25, 0.3) is 5.91 Å². The lowest BCUT2D eigenvalue weighted by Gasteiger charge is -2.36. The van der Waals surface area contributed by atoms with Gasteiger partial charge in [0, 0.05) is 51.1 Å². The van der Waals surface area contributed by atoms with Crippen LogP contribution in [0.3, 0.4) is 0 Å². The molecule has 1 amide bonds. The largest absolute Gasteiger partial charge is 0.347 e. The summed E-state index contributed by atoms with van der Waals surface area (Å²) < 4.78 is 1.67. The zero-order chi connectivity index (χ0) is 20.8. The van der Waals surface area contributed by atoms with Crippen LogP contribution in [0.4, 0.5) is 17.5 Å². The quantitative estimate of drug-likeness (QED) is 0.722. The Morgan fingerprint density at radius 3 is 2.63 bits per heavy atom. The van der Waals surface area contributed by atoms with Crippen LogP contribution in [0, 0.1) is 0 Å². The van der Waals surface area contributed by atoms with Crippen molar-refractivity contribution in [2.24, 2.45) is 7.05 Å². The molecule has 2 bridgehead atoms. The van der Waals surface area contributed by atoms with Crippen LogP contribution in [0.25, 0.3) is 0 Å². The van der Waals surface area contributed by atoms with Crippen LogP contribution in [0.1, 0.15) is 40.6 Å². The van der Waals surface area contributed by atoms with Crippen molar-refractivity contribution in [3.8, 4) is 0 Å². The molecule has 30 heavy (non-hydrogen) atoms. The first-order chi connectivity index (χ1) is 14.5. The van der Waals surface area contributed by atoms with Crippen molar-refractivity contribution in [3.63, 3.8) is 0 Å². The summed E-state index contributed by atoms with van der Waals surface area (Å²) in [6, 6.07) is 11.9. The molecule has 1 aromatic carbocycles. The van der Waals surface area contributed by atoms with Crippen molar-refractivity contribution < 1.29 is 4.79 Å². The maximum atomic E-state index is 13.3. The predicted molar refractivity (Wildman–Crippen MR) is 115 cm³/mol. The summed E-state index contributed by atoms with van der Waals surface area (Å²) in [4.78, 5) is 26.9. The summed E-state index contributed by atoms with van der Waals surface area (Å²) in [6.45, 7) is 0. The minimum Gasteiger partial charge on any atom is -0.347 e. The lowest BCUT2D eigenvalue weighted by atomic mass is 9.97. The molecule has 0 spiro atoms. The zero-order valence-electron chi connectivity index (χ0n) is 17.4. The number of benzene rings is 1. The van der Waals surface area contributed by atoms with Crippen molar-refractivity contribution in [1.82, 2.24) is 24.6 Å². The van der Waals surface area contributed by atoms with E-state index in [1.807, 2.05) is 67.5 Å². The van der Waals surface area contributed by atoms with Gasteiger partial charge in [0.15, 0.2) is 0 Å². The number of hydrogen-bond acceptors (Lipinski definition) is 6. The molecule has 3 aromatic rings. The Balaban J connectivity index is 1.58. The molecule has 1 fully saturated rings. The van der Waals surface area contributed by atoms with Gasteiger partial charge >= 0.3 is 0 Å². The molecule has 5 rings (SSSR count). The van der Waals surface area contributed by atoms with E-state index < -0.39 is 0 Å². The Bertz CT molecular complexity index is 1090. The molecule has 2 atom stereocenters. The highest BCUT2D eigenvalue weighted by atomic mass is 16.2. The van der Waals surface area contributed by atoms with Gasteiger partial charge in [-0.1, -0.05) is 18.2 Å². The average molecular weight is 403 g/mol. The van der Waals surface area contributed by atoms with E-state index in [0.29, 0.717) is 11.6 Å². The molecule has 2 aromatic heterocycles. The minimum absolute atomic E-state index is 0.0175. The zero-order valence-corrected chi connectivity index (χ0v) is 17.4. The number of aromatic nitrogens is 4. The number of anilines is 3. The van der Waals surface area contributed by atoms with E-state index >= 15 is 0 Å². The Morgan fingerprint density at radius 2 is 1.93 bits per heavy atom. The normalized spacial score (nSPS) is 19.5. The third-order valence-corrected chi connectivity index (χ3v) is 5.88. The van der Waals surface area contributed by atoms with Crippen LogP contribution in [0.5, 0.6) is 0 Å². The molecule has 1 saturated heterocycles. The van der Waals surface area contributed by atoms with Gasteiger partial charge in [0.1, 0.15) is 11.5 Å². The van der Waals surface area contributed by atoms with Gasteiger partial charge in [0.2, 0.25) is 5.95 Å². The van der Waals surface area contributed by atoms with E-state index in [4.69, 9.17) is 9.97 Å². The molecular formula is C22H25N7O. The number of rotatable bonds is 4. The molecule has 0 aliphatic carbocycles. The second-order valence-electron chi connectivity index (χ2n) is 8.16. The van der Waals surface area contributed by atoms with Crippen molar-refractivity contribution in [2.45, 2.75) is 31.3 Å². The first kappa shape index (κ1) is 18.6. The molecule has 2 aliphatic heterocycles. The Labute approximate surface area is 175 Å². The summed E-state index contributed by atoms with van der Waals surface area (Å²) >= 11 is 0. The summed E-state index contributed by atoms with van der Waals surface area (Å²) in [5.74, 6) is 1.44. The number of nitrogens with one attached hydrogen (secondary N) is 1. The van der Waals surface area contributed by atoms with Crippen LogP contribution in [0.15, 0.2) is 42.6 Å². The predicted octanol–water partition coefficient (Wildman–Crippen LogP) is 2.92. The average Bonchev–Trinajstić information content (AvgIpc) is 3.30. The summed E-state index contributed by atoms with van der Waals surface area (Å²) in [7, 11) is 5.72. The van der Waals surface area contributed by atoms with E-state index in [-0.39, 0.29) is 18.0 Å². The van der Waals surface area contributed by atoms with Crippen molar-refractivity contribution in [2.75, 3.05) is 24.3 Å². The standard InChI is InChI=1S/C22H25N7O/c1-27(2)22-24-17-13-15-9-10-18(29(15)21(30)16-11-12-28(3)26-16)19(17)20(25-22)23-14-7-5-4-6-8-14/h4-8,11-12,15,18H,9-10,13H2,1-3H3,(H,23,24,25)/t15-,18-/m1/s1. The van der Waals surface area contributed by atoms with Crippen LogP contribution in [-0.4, -0.2) is 50.7 Å². The number of carbonyl (C=O) groups excluding carboxylic acids is 1. The van der Waals surface area contributed by atoms with Crippen molar-refractivity contribution in [3.05, 3.63) is 59.5 Å². The van der Waals surface area contributed by atoms with Crippen molar-refractivity contribution in [1.29, 1.82) is 0 Å². The summed E-state index contributed by atoms with van der Waals surface area (Å²) in [5, 5.41) is 7.82. The highest BCUT2D eigenvalue weighted by Crippen LogP contribution is 2.47. The van der Waals surface area contributed by atoms with Crippen molar-refractivity contribution >= 4 is 23.4 Å². The van der Waals surface area contributed by atoms with Crippen LogP contribution < -0.4 is 10.2 Å². The van der Waals surface area contributed by atoms with E-state index in [1.54, 1.807) is 10.7 Å². The molecule has 8 heteroatoms. The third kappa shape index (κ3) is 3.08. The summed E-state index contributed by atoms with van der Waals surface area (Å²) in [6.07, 6.45) is 4.41. The molecule has 154 valence electrons. The molecule has 4 heterocycles. The number of carbonyl (C=O) groups is 1. The smallest absolute Gasteiger partial charge is 0.275 e. The second kappa shape index (κ2) is 7.12. The molecule has 0 saturated carbocycles. The van der Waals surface area contributed by atoms with E-state index in [1.165, 1.54) is 0 Å². The lowest BCUT2D eigenvalue weighted by Crippen LogP contribution is -2.43. The van der Waals surface area contributed by atoms with Crippen LogP contribution in [0.2, 0.25) is 0 Å². The topological polar surface area (TPSA) is 79.2 Å². The number of nitrogens with zero attached hydrogens (tertiary/aromatic N) is 6. The molecule has 0 unspecified atom stereocenters. The van der Waals surface area contributed by atoms with Gasteiger partial charge in [-0.3, -0.25) is 9.48 Å². The number of fused-ring (bicyclic) bond motifs is 4. The Morgan fingerprint density at radius 1 is 1.13 bits per heavy atom. The maximum Gasteiger partial charge on any atom is 0.275 e. The third-order valence-electron chi connectivity index (χ3n) is 5.88. The fourth-order valence-corrected chi connectivity index (χ4v) is 4.52. The number of hydrogen-bond donors (Lipinski definition) is 1. The molecule has 0 radical (unpaired) electrons. The van der Waals surface area contributed by atoms with E-state index in [0.717, 1.165) is 42.0 Å². The molecule has 2 aliphatic rings. The van der Waals surface area contributed by atoms with Gasteiger partial charge in [-0.05, 0) is 31.0 Å². The van der Waals surface area contributed by atoms with Gasteiger partial charge in [0.05, 0.1) is 11.7 Å². The fourth-order valence-electron chi connectivity index (χ4n) is 4.52. The monoisotopic (exact) mass is 403 g/mol. The van der Waals surface area contributed by atoms with E-state index in [2.05, 4.69) is 10.4 Å². The minimum atomic E-state index is -0.0457. The summed E-state index contributed by atoms with van der Waals surface area (Å²) in [5.41, 5.74) is 3.51. The number of para-hydroxylation sites is 1. The highest BCUT2D eigenvalue weighted by molar-refractivity contribution is 5.93. The van der Waals surface area contributed by atoms with Gasteiger partial charge in [-0.2, -0.15) is 10.1 Å². The molecule has 1 N–H and O–H groups in total. The highest BCUT2D eigenvalue weighted by Gasteiger charge is 2.45. The Kier molecular flexibility index (Phi) is 4.42. The number of aryl methyl sites for hydroxylation is 1. The van der Waals surface area contributed by atoms with Gasteiger partial charge in [-0.25, -0.2) is 4.98 Å². The van der Waals surface area contributed by atoms with Crippen LogP contribution >= 0.6 is 0 Å². The maximum absolute atomic E-state index is 13.3. The molecule has 8 nitrogen and oxygen atoms in total. The molecular weight excluding hydrogens is 378 g/mol. The fraction of sp³-hybridized carbons (Fsp3) is 0.364. The Hall–Kier alpha value is -3.42. The SMILES string of the molecule is CN(C)c1nc2c(c(Nc3ccccc3)n1)[C@H]1CC[C@H](C2)N1C(=O)c1ccn(C)n1. The van der Waals surface area contributed by atoms with Gasteiger partial charge in [-0.15, -0.1) is 0 Å². The van der Waals surface area contributed by atoms with Crippen LogP contribution in [-0.2, 0) is 13.5 Å². The second-order valence-corrected chi connectivity index (χ2v) is 8.16.